The Balaban J connectivity index is 1.11. The number of nitrogen functional groups attached to an aromatic ring is 1. The van der Waals surface area contributed by atoms with Crippen molar-refractivity contribution in [1.82, 2.24) is 25.2 Å². The van der Waals surface area contributed by atoms with Crippen molar-refractivity contribution < 1.29 is 10.2 Å². The monoisotopic (exact) mass is 464 g/mol. The highest BCUT2D eigenvalue weighted by atomic mass is 16.3. The lowest BCUT2D eigenvalue weighted by Gasteiger charge is -2.19. The van der Waals surface area contributed by atoms with Gasteiger partial charge in [0.2, 0.25) is 0 Å². The molecule has 0 aliphatic heterocycles. The molecule has 34 heavy (non-hydrogen) atoms. The minimum Gasteiger partial charge on any atom is -0.390 e. The number of aliphatic hydroxyl groups is 2. The molecule has 0 spiro atoms. The Morgan fingerprint density at radius 2 is 1.79 bits per heavy atom. The normalized spacial score (nSPS) is 24.8. The summed E-state index contributed by atoms with van der Waals surface area (Å²) in [6.07, 6.45) is 7.03. The highest BCUT2D eigenvalue weighted by molar-refractivity contribution is 5.90. The first-order chi connectivity index (χ1) is 16.6. The number of hydrogen-bond acceptors (Lipinski definition) is 7. The van der Waals surface area contributed by atoms with Gasteiger partial charge in [-0.15, -0.1) is 0 Å². The molecule has 5 rings (SSSR count). The maximum Gasteiger partial charge on any atom is 0.146 e. The Labute approximate surface area is 200 Å². The van der Waals surface area contributed by atoms with Crippen LogP contribution in [0, 0.1) is 5.92 Å². The first-order valence-corrected chi connectivity index (χ1v) is 12.6. The zero-order valence-electron chi connectivity index (χ0n) is 19.6. The number of rotatable bonds is 11. The molecule has 2 saturated carbocycles. The van der Waals surface area contributed by atoms with E-state index < -0.39 is 12.2 Å². The first kappa shape index (κ1) is 23.2. The van der Waals surface area contributed by atoms with E-state index in [2.05, 4.69) is 51.1 Å². The van der Waals surface area contributed by atoms with E-state index in [-0.39, 0.29) is 12.0 Å². The van der Waals surface area contributed by atoms with E-state index in [1.54, 1.807) is 0 Å². The quantitative estimate of drug-likeness (QED) is 0.275. The van der Waals surface area contributed by atoms with Crippen molar-refractivity contribution in [2.75, 3.05) is 31.9 Å². The average Bonchev–Trinajstić information content (AvgIpc) is 3.57. The smallest absolute Gasteiger partial charge is 0.146 e. The third kappa shape index (κ3) is 4.95. The number of nitrogens with one attached hydrogen (secondary N) is 2. The van der Waals surface area contributed by atoms with Crippen LogP contribution < -0.4 is 16.4 Å². The van der Waals surface area contributed by atoms with E-state index in [1.807, 2.05) is 10.6 Å². The van der Waals surface area contributed by atoms with Gasteiger partial charge in [0, 0.05) is 18.7 Å². The van der Waals surface area contributed by atoms with Crippen LogP contribution in [0.3, 0.4) is 0 Å². The zero-order chi connectivity index (χ0) is 23.5. The van der Waals surface area contributed by atoms with Crippen molar-refractivity contribution in [1.29, 1.82) is 0 Å². The second kappa shape index (κ2) is 10.4. The lowest BCUT2D eigenvalue weighted by atomic mass is 10.1. The molecule has 8 nitrogen and oxygen atoms in total. The molecular weight excluding hydrogens is 428 g/mol. The maximum atomic E-state index is 10.9. The number of aromatic nitrogens is 3. The summed E-state index contributed by atoms with van der Waals surface area (Å²) in [7, 11) is 0. The minimum absolute atomic E-state index is 0.00736. The van der Waals surface area contributed by atoms with Crippen LogP contribution in [-0.4, -0.2) is 63.1 Å². The summed E-state index contributed by atoms with van der Waals surface area (Å²) in [6, 6.07) is 10.3. The summed E-state index contributed by atoms with van der Waals surface area (Å²) in [6.45, 7) is 3.49. The molecule has 2 aromatic heterocycles. The predicted molar refractivity (Wildman–Crippen MR) is 134 cm³/mol. The third-order valence-electron chi connectivity index (χ3n) is 7.36. The van der Waals surface area contributed by atoms with Crippen LogP contribution in [0.2, 0.25) is 0 Å². The second-order valence-electron chi connectivity index (χ2n) is 9.81. The molecule has 2 aliphatic rings. The summed E-state index contributed by atoms with van der Waals surface area (Å²) in [5, 5.41) is 29.5. The van der Waals surface area contributed by atoms with Crippen LogP contribution in [0.15, 0.2) is 42.9 Å². The fourth-order valence-corrected chi connectivity index (χ4v) is 5.30. The predicted octanol–water partition coefficient (Wildman–Crippen LogP) is 1.99. The highest BCUT2D eigenvalue weighted by Gasteiger charge is 2.43. The van der Waals surface area contributed by atoms with Crippen LogP contribution in [0.25, 0.3) is 11.0 Å². The third-order valence-corrected chi connectivity index (χ3v) is 7.36. The molecule has 6 N–H and O–H groups in total. The maximum absolute atomic E-state index is 10.9. The van der Waals surface area contributed by atoms with Gasteiger partial charge in [-0.2, -0.15) is 0 Å². The van der Waals surface area contributed by atoms with E-state index in [1.165, 1.54) is 17.5 Å². The summed E-state index contributed by atoms with van der Waals surface area (Å²) in [5.74, 6) is 0.987. The Morgan fingerprint density at radius 1 is 1.00 bits per heavy atom. The van der Waals surface area contributed by atoms with E-state index in [4.69, 9.17) is 5.73 Å². The molecule has 0 amide bonds. The number of benzene rings is 1. The summed E-state index contributed by atoms with van der Waals surface area (Å²) < 4.78 is 2.03. The molecular formula is C26H36N6O2. The van der Waals surface area contributed by atoms with Gasteiger partial charge in [-0.3, -0.25) is 0 Å². The van der Waals surface area contributed by atoms with Gasteiger partial charge in [-0.05, 0) is 68.8 Å². The Hall–Kier alpha value is -2.52. The molecule has 8 heteroatoms. The van der Waals surface area contributed by atoms with Crippen LogP contribution in [0.4, 0.5) is 5.82 Å². The Morgan fingerprint density at radius 3 is 2.59 bits per heavy atom. The largest absolute Gasteiger partial charge is 0.390 e. The Kier molecular flexibility index (Phi) is 7.10. The van der Waals surface area contributed by atoms with Gasteiger partial charge in [-0.25, -0.2) is 9.97 Å². The van der Waals surface area contributed by atoms with E-state index in [9.17, 15) is 10.2 Å². The van der Waals surface area contributed by atoms with Crippen LogP contribution in [0.5, 0.6) is 0 Å². The topological polar surface area (TPSA) is 121 Å². The highest BCUT2D eigenvalue weighted by Crippen LogP contribution is 2.46. The number of hydrogen-bond donors (Lipinski definition) is 5. The number of nitrogens with zero attached hydrogens (tertiary/aromatic N) is 3. The van der Waals surface area contributed by atoms with Crippen molar-refractivity contribution in [2.45, 2.75) is 56.3 Å². The van der Waals surface area contributed by atoms with Gasteiger partial charge < -0.3 is 31.1 Å². The van der Waals surface area contributed by atoms with Crippen molar-refractivity contribution in [3.8, 4) is 0 Å². The molecule has 0 unspecified atom stereocenters. The van der Waals surface area contributed by atoms with Crippen molar-refractivity contribution in [2.24, 2.45) is 5.92 Å². The van der Waals surface area contributed by atoms with Crippen molar-refractivity contribution in [3.05, 3.63) is 54.0 Å². The lowest BCUT2D eigenvalue weighted by molar-refractivity contribution is 0.00692. The fraction of sp³-hybridized carbons (Fsp3) is 0.538. The summed E-state index contributed by atoms with van der Waals surface area (Å²) in [5.41, 5.74) is 9.48. The van der Waals surface area contributed by atoms with E-state index >= 15 is 0 Å². The van der Waals surface area contributed by atoms with Gasteiger partial charge in [0.1, 0.15) is 23.9 Å². The van der Waals surface area contributed by atoms with Gasteiger partial charge in [0.25, 0.3) is 0 Å². The van der Waals surface area contributed by atoms with E-state index in [0.717, 1.165) is 56.4 Å². The van der Waals surface area contributed by atoms with Crippen LogP contribution in [-0.2, 0) is 6.42 Å². The molecule has 2 fully saturated rings. The number of nitrogens with two attached hydrogens (primary N) is 1. The standard InChI is InChI=1S/C26H36N6O2/c27-25-22-20(18-7-8-18)15-32(26(22)31-16-30-25)21-13-19(23(33)24(21)34)14-29-11-4-10-28-12-9-17-5-2-1-3-6-17/h1-3,5-6,15-16,18-19,21,23-24,28-29,33-34H,4,7-14H2,(H2,27,30,31)/t19-,21-,23-,24+/m1/s1. The Bertz CT molecular complexity index is 1080. The molecule has 3 aromatic rings. The van der Waals surface area contributed by atoms with Crippen LogP contribution >= 0.6 is 0 Å². The fourth-order valence-electron chi connectivity index (χ4n) is 5.30. The molecule has 0 radical (unpaired) electrons. The van der Waals surface area contributed by atoms with Crippen LogP contribution in [0.1, 0.15) is 48.8 Å². The molecule has 1 aromatic carbocycles. The lowest BCUT2D eigenvalue weighted by Crippen LogP contribution is -2.34. The zero-order valence-corrected chi connectivity index (χ0v) is 19.6. The minimum atomic E-state index is -0.828. The number of fused-ring (bicyclic) bond motifs is 1. The van der Waals surface area contributed by atoms with Gasteiger partial charge in [-0.1, -0.05) is 30.3 Å². The number of aliphatic hydroxyl groups excluding tert-OH is 2. The van der Waals surface area contributed by atoms with Crippen molar-refractivity contribution >= 4 is 16.9 Å². The average molecular weight is 465 g/mol. The summed E-state index contributed by atoms with van der Waals surface area (Å²) >= 11 is 0. The molecule has 182 valence electrons. The molecule has 2 aliphatic carbocycles. The molecule has 0 bridgehead atoms. The van der Waals surface area contributed by atoms with E-state index in [0.29, 0.717) is 24.7 Å². The van der Waals surface area contributed by atoms with Gasteiger partial charge in [0.05, 0.1) is 17.5 Å². The number of anilines is 1. The SMILES string of the molecule is Nc1ncnc2c1c(C1CC1)cn2[C@@H]1C[C@H](CNCCCNCCc2ccccc2)[C@@H](O)[C@H]1O. The van der Waals surface area contributed by atoms with Crippen molar-refractivity contribution in [3.63, 3.8) is 0 Å². The van der Waals surface area contributed by atoms with Gasteiger partial charge in [0.15, 0.2) is 0 Å². The molecule has 0 saturated heterocycles. The molecule has 4 atom stereocenters. The first-order valence-electron chi connectivity index (χ1n) is 12.6. The second-order valence-corrected chi connectivity index (χ2v) is 9.81. The van der Waals surface area contributed by atoms with Gasteiger partial charge >= 0.3 is 0 Å². The molecule has 2 heterocycles. The summed E-state index contributed by atoms with van der Waals surface area (Å²) in [4.78, 5) is 8.67.